The van der Waals surface area contributed by atoms with Gasteiger partial charge in [0.25, 0.3) is 5.91 Å². The average molecular weight is 481 g/mol. The highest BCUT2D eigenvalue weighted by molar-refractivity contribution is 5.94. The Kier molecular flexibility index (Phi) is 9.36. The van der Waals surface area contributed by atoms with Gasteiger partial charge in [-0.05, 0) is 24.3 Å². The number of hydrogen-bond donors (Lipinski definition) is 1. The molecule has 1 heterocycles. The second kappa shape index (κ2) is 12.0. The Hall–Kier alpha value is -3.67. The molecule has 0 aromatic heterocycles. The Morgan fingerprint density at radius 3 is 1.82 bits per heavy atom. The standard InChI is InChI=1S/C22H27NO11/c1-11(24)30-10-17-18(31-12(2)25)19(32-13(3)26)20(33-14(4)27)22(34-17)23-21(28)15-6-8-16(29-5)9-7-15/h6-9,17-20,22H,10H2,1-5H3,(H,23,28)/t17-,18+,19+,20-,22-/m1/s1. The van der Waals surface area contributed by atoms with Crippen LogP contribution in [0, 0.1) is 0 Å². The van der Waals surface area contributed by atoms with Gasteiger partial charge in [0.05, 0.1) is 7.11 Å². The lowest BCUT2D eigenvalue weighted by Crippen LogP contribution is -2.66. The quantitative estimate of drug-likeness (QED) is 0.408. The van der Waals surface area contributed by atoms with E-state index in [0.717, 1.165) is 27.7 Å². The second-order valence-electron chi connectivity index (χ2n) is 7.32. The van der Waals surface area contributed by atoms with E-state index in [1.54, 1.807) is 12.1 Å². The molecule has 1 aromatic rings. The van der Waals surface area contributed by atoms with Crippen molar-refractivity contribution in [2.45, 2.75) is 58.3 Å². The number of rotatable bonds is 8. The van der Waals surface area contributed by atoms with Gasteiger partial charge in [-0.15, -0.1) is 0 Å². The molecular formula is C22H27NO11. The number of carbonyl (C=O) groups excluding carboxylic acids is 5. The van der Waals surface area contributed by atoms with Crippen molar-refractivity contribution in [3.05, 3.63) is 29.8 Å². The van der Waals surface area contributed by atoms with E-state index in [2.05, 4.69) is 5.32 Å². The summed E-state index contributed by atoms with van der Waals surface area (Å²) in [6, 6.07) is 6.14. The number of esters is 4. The molecule has 1 aliphatic heterocycles. The zero-order valence-electron chi connectivity index (χ0n) is 19.4. The molecule has 12 nitrogen and oxygen atoms in total. The number of benzene rings is 1. The van der Waals surface area contributed by atoms with E-state index in [4.69, 9.17) is 28.4 Å². The van der Waals surface area contributed by atoms with Crippen LogP contribution in [0.15, 0.2) is 24.3 Å². The number of carbonyl (C=O) groups is 5. The number of nitrogens with one attached hydrogen (secondary N) is 1. The molecule has 186 valence electrons. The monoisotopic (exact) mass is 481 g/mol. The topological polar surface area (TPSA) is 153 Å². The summed E-state index contributed by atoms with van der Waals surface area (Å²) >= 11 is 0. The second-order valence-corrected chi connectivity index (χ2v) is 7.32. The van der Waals surface area contributed by atoms with Crippen molar-refractivity contribution in [3.8, 4) is 5.75 Å². The molecule has 0 spiro atoms. The predicted octanol–water partition coefficient (Wildman–Crippen LogP) is 0.508. The normalized spacial score (nSPS) is 23.7. The van der Waals surface area contributed by atoms with Crippen LogP contribution in [-0.4, -0.2) is 74.1 Å². The maximum atomic E-state index is 12.9. The van der Waals surface area contributed by atoms with E-state index in [1.807, 2.05) is 0 Å². The van der Waals surface area contributed by atoms with Gasteiger partial charge in [-0.1, -0.05) is 0 Å². The summed E-state index contributed by atoms with van der Waals surface area (Å²) in [6.45, 7) is 4.10. The van der Waals surface area contributed by atoms with E-state index in [0.29, 0.717) is 5.75 Å². The molecule has 2 rings (SSSR count). The number of amides is 1. The van der Waals surface area contributed by atoms with Gasteiger partial charge < -0.3 is 33.7 Å². The fourth-order valence-corrected chi connectivity index (χ4v) is 3.30. The van der Waals surface area contributed by atoms with Crippen LogP contribution >= 0.6 is 0 Å². The van der Waals surface area contributed by atoms with Crippen molar-refractivity contribution in [1.29, 1.82) is 0 Å². The van der Waals surface area contributed by atoms with Gasteiger partial charge in [-0.3, -0.25) is 24.0 Å². The van der Waals surface area contributed by atoms with E-state index >= 15 is 0 Å². The van der Waals surface area contributed by atoms with Crippen LogP contribution in [0.25, 0.3) is 0 Å². The van der Waals surface area contributed by atoms with Crippen LogP contribution in [0.2, 0.25) is 0 Å². The molecule has 1 amide bonds. The lowest BCUT2D eigenvalue weighted by molar-refractivity contribution is -0.255. The van der Waals surface area contributed by atoms with Crippen molar-refractivity contribution in [1.82, 2.24) is 5.32 Å². The highest BCUT2D eigenvalue weighted by atomic mass is 16.7. The Labute approximate surface area is 195 Å². The van der Waals surface area contributed by atoms with Crippen LogP contribution in [-0.2, 0) is 42.9 Å². The molecule has 1 saturated heterocycles. The molecule has 0 unspecified atom stereocenters. The van der Waals surface area contributed by atoms with E-state index in [9.17, 15) is 24.0 Å². The first-order chi connectivity index (χ1) is 16.0. The Morgan fingerprint density at radius 2 is 1.32 bits per heavy atom. The fourth-order valence-electron chi connectivity index (χ4n) is 3.30. The smallest absolute Gasteiger partial charge is 0.303 e. The molecular weight excluding hydrogens is 454 g/mol. The number of methoxy groups -OCH3 is 1. The van der Waals surface area contributed by atoms with E-state index < -0.39 is 67.0 Å². The van der Waals surface area contributed by atoms with Crippen molar-refractivity contribution < 1.29 is 52.4 Å². The Balaban J connectivity index is 2.41. The minimum atomic E-state index is -1.39. The summed E-state index contributed by atoms with van der Waals surface area (Å²) < 4.78 is 31.8. The zero-order chi connectivity index (χ0) is 25.4. The molecule has 0 aliphatic carbocycles. The molecule has 12 heteroatoms. The maximum absolute atomic E-state index is 12.9. The van der Waals surface area contributed by atoms with Crippen LogP contribution in [0.4, 0.5) is 0 Å². The van der Waals surface area contributed by atoms with Crippen molar-refractivity contribution in [3.63, 3.8) is 0 Å². The molecule has 0 radical (unpaired) electrons. The maximum Gasteiger partial charge on any atom is 0.303 e. The first-order valence-electron chi connectivity index (χ1n) is 10.3. The zero-order valence-corrected chi connectivity index (χ0v) is 19.4. The van der Waals surface area contributed by atoms with Gasteiger partial charge in [-0.25, -0.2) is 0 Å². The van der Waals surface area contributed by atoms with E-state index in [-0.39, 0.29) is 5.56 Å². The van der Waals surface area contributed by atoms with Crippen LogP contribution in [0.1, 0.15) is 38.1 Å². The van der Waals surface area contributed by atoms with Crippen LogP contribution in [0.5, 0.6) is 5.75 Å². The third-order valence-electron chi connectivity index (χ3n) is 4.62. The summed E-state index contributed by atoms with van der Waals surface area (Å²) in [5, 5.41) is 2.57. The lowest BCUT2D eigenvalue weighted by Gasteiger charge is -2.44. The molecule has 1 aliphatic rings. The number of hydrogen-bond acceptors (Lipinski definition) is 11. The van der Waals surface area contributed by atoms with Crippen LogP contribution in [0.3, 0.4) is 0 Å². The summed E-state index contributed by atoms with van der Waals surface area (Å²) in [7, 11) is 1.48. The molecule has 5 atom stereocenters. The molecule has 1 aromatic carbocycles. The van der Waals surface area contributed by atoms with Gasteiger partial charge in [0.2, 0.25) is 0 Å². The molecule has 1 N–H and O–H groups in total. The van der Waals surface area contributed by atoms with Crippen LogP contribution < -0.4 is 10.1 Å². The fraction of sp³-hybridized carbons (Fsp3) is 0.500. The minimum absolute atomic E-state index is 0.230. The van der Waals surface area contributed by atoms with Crippen molar-refractivity contribution >= 4 is 29.8 Å². The third kappa shape index (κ3) is 7.44. The van der Waals surface area contributed by atoms with Gasteiger partial charge in [0.15, 0.2) is 24.5 Å². The van der Waals surface area contributed by atoms with Gasteiger partial charge in [-0.2, -0.15) is 0 Å². The minimum Gasteiger partial charge on any atom is -0.497 e. The van der Waals surface area contributed by atoms with Gasteiger partial charge >= 0.3 is 23.9 Å². The third-order valence-corrected chi connectivity index (χ3v) is 4.62. The highest BCUT2D eigenvalue weighted by Gasteiger charge is 2.52. The molecule has 0 saturated carbocycles. The van der Waals surface area contributed by atoms with Gasteiger partial charge in [0, 0.05) is 33.3 Å². The Morgan fingerprint density at radius 1 is 0.794 bits per heavy atom. The predicted molar refractivity (Wildman–Crippen MR) is 112 cm³/mol. The SMILES string of the molecule is COc1ccc(C(=O)N[C@@H]2O[C@H](COC(C)=O)[C@H](OC(C)=O)[C@H](OC(C)=O)[C@H]2OC(C)=O)cc1. The molecule has 34 heavy (non-hydrogen) atoms. The summed E-state index contributed by atoms with van der Waals surface area (Å²) in [5.74, 6) is -3.01. The molecule has 1 fully saturated rings. The van der Waals surface area contributed by atoms with Crippen molar-refractivity contribution in [2.24, 2.45) is 0 Å². The average Bonchev–Trinajstić information content (AvgIpc) is 2.75. The summed E-state index contributed by atoms with van der Waals surface area (Å²) in [5.41, 5.74) is 0.230. The van der Waals surface area contributed by atoms with E-state index in [1.165, 1.54) is 19.2 Å². The Bertz CT molecular complexity index is 914. The summed E-state index contributed by atoms with van der Waals surface area (Å²) in [6.07, 6.45) is -6.58. The first-order valence-corrected chi connectivity index (χ1v) is 10.3. The van der Waals surface area contributed by atoms with Gasteiger partial charge in [0.1, 0.15) is 18.5 Å². The highest BCUT2D eigenvalue weighted by Crippen LogP contribution is 2.28. The first kappa shape index (κ1) is 26.6. The largest absolute Gasteiger partial charge is 0.497 e. The lowest BCUT2D eigenvalue weighted by atomic mass is 9.97. The number of ether oxygens (including phenoxy) is 6. The molecule has 0 bridgehead atoms. The van der Waals surface area contributed by atoms with Crippen molar-refractivity contribution in [2.75, 3.05) is 13.7 Å². The summed E-state index contributed by atoms with van der Waals surface area (Å²) in [4.78, 5) is 59.6.